The van der Waals surface area contributed by atoms with Gasteiger partial charge in [-0.1, -0.05) is 12.1 Å². The number of rotatable bonds is 0. The van der Waals surface area contributed by atoms with E-state index in [2.05, 4.69) is 0 Å². The number of allylic oxidation sites excluding steroid dienone is 1. The fourth-order valence-electron chi connectivity index (χ4n) is 3.91. The number of benzene rings is 2. The molecule has 0 heterocycles. The summed E-state index contributed by atoms with van der Waals surface area (Å²) in [5.41, 5.74) is 0.379. The summed E-state index contributed by atoms with van der Waals surface area (Å²) in [5, 5.41) is 31.6. The maximum absolute atomic E-state index is 12.6. The molecule has 2 aromatic rings. The van der Waals surface area contributed by atoms with E-state index in [1.54, 1.807) is 25.1 Å². The molecule has 2 aliphatic carbocycles. The number of fused-ring (bicyclic) bond motifs is 3. The number of aromatic hydroxyl groups is 2. The van der Waals surface area contributed by atoms with Gasteiger partial charge in [0.05, 0.1) is 16.6 Å². The standard InChI is InChI=1S/C19H16O5/c1-19(24)7-10-6-13(21)17-11(15(10)14(22)8-19)5-9-3-2-4-12(20)16(9)18(17)23/h2-5,20,23-24H,6-8H2,1H3/t19-/m1/s1. The molecule has 3 N–H and O–H groups in total. The van der Waals surface area contributed by atoms with Gasteiger partial charge in [-0.15, -0.1) is 0 Å². The molecule has 24 heavy (non-hydrogen) atoms. The van der Waals surface area contributed by atoms with Crippen LogP contribution in [-0.4, -0.2) is 32.5 Å². The smallest absolute Gasteiger partial charge is 0.171 e. The Balaban J connectivity index is 2.07. The van der Waals surface area contributed by atoms with Crippen molar-refractivity contribution in [1.29, 1.82) is 0 Å². The van der Waals surface area contributed by atoms with Crippen LogP contribution in [0.1, 0.15) is 42.1 Å². The van der Waals surface area contributed by atoms with Crippen molar-refractivity contribution in [2.75, 3.05) is 0 Å². The highest BCUT2D eigenvalue weighted by atomic mass is 16.3. The SMILES string of the molecule is C[C@]1(O)CC(=O)C2=C(CC(=O)c3c2cc2cccc(O)c2c3O)C1. The van der Waals surface area contributed by atoms with Crippen molar-refractivity contribution in [1.82, 2.24) is 0 Å². The summed E-state index contributed by atoms with van der Waals surface area (Å²) in [6.45, 7) is 1.59. The zero-order valence-electron chi connectivity index (χ0n) is 13.1. The lowest BCUT2D eigenvalue weighted by Gasteiger charge is -2.34. The molecule has 0 aromatic heterocycles. The first-order valence-corrected chi connectivity index (χ1v) is 7.77. The van der Waals surface area contributed by atoms with Gasteiger partial charge < -0.3 is 15.3 Å². The van der Waals surface area contributed by atoms with E-state index in [0.717, 1.165) is 0 Å². The van der Waals surface area contributed by atoms with E-state index < -0.39 is 5.60 Å². The average molecular weight is 324 g/mol. The molecule has 0 amide bonds. The molecule has 5 nitrogen and oxygen atoms in total. The maximum atomic E-state index is 12.6. The number of hydrogen-bond donors (Lipinski definition) is 3. The number of aliphatic hydroxyl groups is 1. The van der Waals surface area contributed by atoms with E-state index in [-0.39, 0.29) is 53.3 Å². The summed E-state index contributed by atoms with van der Waals surface area (Å²) in [6.07, 6.45) is 0.243. The molecule has 0 radical (unpaired) electrons. The van der Waals surface area contributed by atoms with Crippen LogP contribution in [-0.2, 0) is 4.79 Å². The largest absolute Gasteiger partial charge is 0.507 e. The average Bonchev–Trinajstić information content (AvgIpc) is 2.44. The lowest BCUT2D eigenvalue weighted by atomic mass is 9.72. The molecular formula is C19H16O5. The highest BCUT2D eigenvalue weighted by molar-refractivity contribution is 6.29. The van der Waals surface area contributed by atoms with Gasteiger partial charge in [0.25, 0.3) is 0 Å². The minimum absolute atomic E-state index is 0.00309. The number of carbonyl (C=O) groups excluding carboxylic acids is 2. The second-order valence-corrected chi connectivity index (χ2v) is 6.88. The first-order valence-electron chi connectivity index (χ1n) is 7.77. The van der Waals surface area contributed by atoms with Crippen molar-refractivity contribution in [3.05, 3.63) is 41.0 Å². The zero-order valence-corrected chi connectivity index (χ0v) is 13.1. The van der Waals surface area contributed by atoms with Crippen LogP contribution in [0.5, 0.6) is 11.5 Å². The van der Waals surface area contributed by atoms with Gasteiger partial charge >= 0.3 is 0 Å². The number of hydrogen-bond acceptors (Lipinski definition) is 5. The molecule has 0 fully saturated rings. The van der Waals surface area contributed by atoms with Crippen LogP contribution < -0.4 is 0 Å². The first-order chi connectivity index (χ1) is 11.3. The van der Waals surface area contributed by atoms with Crippen molar-refractivity contribution in [2.24, 2.45) is 0 Å². The molecule has 4 rings (SSSR count). The Bertz CT molecular complexity index is 965. The van der Waals surface area contributed by atoms with Crippen molar-refractivity contribution in [3.63, 3.8) is 0 Å². The number of carbonyl (C=O) groups is 2. The van der Waals surface area contributed by atoms with Gasteiger partial charge in [-0.05, 0) is 36.4 Å². The summed E-state index contributed by atoms with van der Waals surface area (Å²) in [4.78, 5) is 25.1. The summed E-state index contributed by atoms with van der Waals surface area (Å²) < 4.78 is 0. The van der Waals surface area contributed by atoms with Crippen molar-refractivity contribution < 1.29 is 24.9 Å². The molecule has 0 aliphatic heterocycles. The number of phenols is 2. The lowest BCUT2D eigenvalue weighted by molar-refractivity contribution is -0.118. The predicted octanol–water partition coefficient (Wildman–Crippen LogP) is 2.70. The third kappa shape index (κ3) is 1.98. The fourth-order valence-corrected chi connectivity index (χ4v) is 3.91. The van der Waals surface area contributed by atoms with E-state index in [4.69, 9.17) is 0 Å². The van der Waals surface area contributed by atoms with Crippen LogP contribution in [0.25, 0.3) is 16.3 Å². The number of phenolic OH excluding ortho intramolecular Hbond substituents is 2. The van der Waals surface area contributed by atoms with Gasteiger partial charge in [0, 0.05) is 24.0 Å². The summed E-state index contributed by atoms with van der Waals surface area (Å²) in [6, 6.07) is 6.44. The van der Waals surface area contributed by atoms with E-state index in [1.807, 2.05) is 0 Å². The van der Waals surface area contributed by atoms with Crippen LogP contribution in [0.2, 0.25) is 0 Å². The molecule has 122 valence electrons. The first kappa shape index (κ1) is 14.9. The molecule has 0 unspecified atom stereocenters. The van der Waals surface area contributed by atoms with Crippen molar-refractivity contribution in [3.8, 4) is 11.5 Å². The third-order valence-electron chi connectivity index (χ3n) is 4.81. The summed E-state index contributed by atoms with van der Waals surface area (Å²) >= 11 is 0. The highest BCUT2D eigenvalue weighted by Gasteiger charge is 2.40. The van der Waals surface area contributed by atoms with E-state index in [9.17, 15) is 24.9 Å². The van der Waals surface area contributed by atoms with Crippen molar-refractivity contribution in [2.45, 2.75) is 31.8 Å². The van der Waals surface area contributed by atoms with Crippen LogP contribution >= 0.6 is 0 Å². The predicted molar refractivity (Wildman–Crippen MR) is 88.0 cm³/mol. The van der Waals surface area contributed by atoms with Gasteiger partial charge in [0.1, 0.15) is 11.5 Å². The Hall–Kier alpha value is -2.66. The molecule has 0 saturated heterocycles. The van der Waals surface area contributed by atoms with Gasteiger partial charge in [-0.3, -0.25) is 9.59 Å². The molecule has 0 bridgehead atoms. The summed E-state index contributed by atoms with van der Waals surface area (Å²) in [7, 11) is 0. The van der Waals surface area contributed by atoms with Crippen LogP contribution in [0.4, 0.5) is 0 Å². The van der Waals surface area contributed by atoms with Gasteiger partial charge in [0.2, 0.25) is 0 Å². The van der Waals surface area contributed by atoms with E-state index in [1.165, 1.54) is 6.07 Å². The van der Waals surface area contributed by atoms with Gasteiger partial charge in [-0.25, -0.2) is 0 Å². The van der Waals surface area contributed by atoms with Crippen molar-refractivity contribution >= 4 is 27.9 Å². The quantitative estimate of drug-likeness (QED) is 0.692. The molecule has 0 saturated carbocycles. The molecular weight excluding hydrogens is 308 g/mol. The Labute approximate surface area is 137 Å². The molecule has 2 aromatic carbocycles. The molecule has 5 heteroatoms. The summed E-state index contributed by atoms with van der Waals surface area (Å²) in [5.74, 6) is -0.939. The minimum atomic E-state index is -1.15. The second kappa shape index (κ2) is 4.68. The third-order valence-corrected chi connectivity index (χ3v) is 4.81. The number of ketones is 2. The topological polar surface area (TPSA) is 94.8 Å². The van der Waals surface area contributed by atoms with E-state index in [0.29, 0.717) is 22.1 Å². The van der Waals surface area contributed by atoms with Crippen LogP contribution in [0.15, 0.2) is 29.8 Å². The lowest BCUT2D eigenvalue weighted by Crippen LogP contribution is -2.35. The molecule has 1 atom stereocenters. The molecule has 2 aliphatic rings. The van der Waals surface area contributed by atoms with Gasteiger partial charge in [0.15, 0.2) is 11.6 Å². The fraction of sp³-hybridized carbons (Fsp3) is 0.263. The van der Waals surface area contributed by atoms with Crippen LogP contribution in [0, 0.1) is 0 Å². The molecule has 0 spiro atoms. The Morgan fingerprint density at radius 1 is 1.08 bits per heavy atom. The highest BCUT2D eigenvalue weighted by Crippen LogP contribution is 2.47. The Morgan fingerprint density at radius 2 is 1.83 bits per heavy atom. The minimum Gasteiger partial charge on any atom is -0.507 e. The normalized spacial score (nSPS) is 23.4. The monoisotopic (exact) mass is 324 g/mol. The van der Waals surface area contributed by atoms with E-state index >= 15 is 0 Å². The number of Topliss-reactive ketones (excluding diaryl/α,β-unsaturated/α-hetero) is 2. The zero-order chi connectivity index (χ0) is 17.2. The Kier molecular flexibility index (Phi) is 2.90. The second-order valence-electron chi connectivity index (χ2n) is 6.88. The van der Waals surface area contributed by atoms with Crippen LogP contribution in [0.3, 0.4) is 0 Å². The maximum Gasteiger partial charge on any atom is 0.171 e. The van der Waals surface area contributed by atoms with Gasteiger partial charge in [-0.2, -0.15) is 0 Å². The Morgan fingerprint density at radius 3 is 2.58 bits per heavy atom.